The van der Waals surface area contributed by atoms with Crippen LogP contribution in [-0.4, -0.2) is 87.1 Å². The summed E-state index contributed by atoms with van der Waals surface area (Å²) >= 11 is 0. The largest absolute Gasteiger partial charge is 0.444 e. The lowest BCUT2D eigenvalue weighted by molar-refractivity contribution is -0.0839. The third-order valence-electron chi connectivity index (χ3n) is 5.48. The molecular formula is C19H33N5O3. The topological polar surface area (TPSA) is 74.1 Å². The molecule has 27 heavy (non-hydrogen) atoms. The smallest absolute Gasteiger partial charge is 0.410 e. The van der Waals surface area contributed by atoms with Crippen molar-refractivity contribution in [3.8, 4) is 0 Å². The summed E-state index contributed by atoms with van der Waals surface area (Å²) in [6, 6.07) is -0.0951. The first kappa shape index (κ1) is 19.9. The lowest BCUT2D eigenvalue weighted by Gasteiger charge is -2.49. The molecule has 0 radical (unpaired) electrons. The zero-order valence-electron chi connectivity index (χ0n) is 17.2. The number of anilines is 1. The standard InChI is InChI=1S/C19H33N5O3/c1-18(2,3)27-17(25)24-8-6-19(4,26)15(14-24)22-10-12-23(13-11-22)16-20-7-9-21(16)5/h7,9,15,26H,6,8,10-14H2,1-5H3/t15-,19+/m0/s1. The SMILES string of the molecule is Cn1ccnc1N1CCN([C@H]2CN(C(=O)OC(C)(C)C)CC[C@@]2(C)O)CC1. The molecule has 0 unspecified atom stereocenters. The fourth-order valence-corrected chi connectivity index (χ4v) is 3.92. The number of aliphatic hydroxyl groups is 1. The van der Waals surface area contributed by atoms with Gasteiger partial charge in [0.1, 0.15) is 5.60 Å². The van der Waals surface area contributed by atoms with Gasteiger partial charge in [-0.2, -0.15) is 0 Å². The molecule has 1 aromatic rings. The van der Waals surface area contributed by atoms with Crippen LogP contribution in [0.1, 0.15) is 34.1 Å². The number of likely N-dealkylation sites (tertiary alicyclic amines) is 1. The number of hydrogen-bond donors (Lipinski definition) is 1. The van der Waals surface area contributed by atoms with Gasteiger partial charge in [-0.3, -0.25) is 4.90 Å². The van der Waals surface area contributed by atoms with Gasteiger partial charge in [0.2, 0.25) is 5.95 Å². The van der Waals surface area contributed by atoms with Crippen molar-refractivity contribution < 1.29 is 14.6 Å². The van der Waals surface area contributed by atoms with Crippen LogP contribution in [0.4, 0.5) is 10.7 Å². The Morgan fingerprint density at radius 2 is 1.93 bits per heavy atom. The maximum Gasteiger partial charge on any atom is 0.410 e. The Morgan fingerprint density at radius 1 is 1.26 bits per heavy atom. The van der Waals surface area contributed by atoms with E-state index in [4.69, 9.17) is 4.74 Å². The first-order valence-corrected chi connectivity index (χ1v) is 9.73. The molecule has 2 saturated heterocycles. The second kappa shape index (κ2) is 7.31. The average Bonchev–Trinajstić information content (AvgIpc) is 2.99. The molecule has 2 aliphatic heterocycles. The number of carbonyl (C=O) groups is 1. The van der Waals surface area contributed by atoms with Crippen LogP contribution in [0.3, 0.4) is 0 Å². The molecule has 0 spiro atoms. The zero-order valence-corrected chi connectivity index (χ0v) is 17.2. The van der Waals surface area contributed by atoms with Crippen LogP contribution in [0.15, 0.2) is 12.4 Å². The van der Waals surface area contributed by atoms with Crippen LogP contribution < -0.4 is 4.90 Å². The van der Waals surface area contributed by atoms with Gasteiger partial charge in [-0.15, -0.1) is 0 Å². The Balaban J connectivity index is 1.63. The monoisotopic (exact) mass is 379 g/mol. The van der Waals surface area contributed by atoms with Crippen LogP contribution in [0.5, 0.6) is 0 Å². The molecule has 0 aromatic carbocycles. The highest BCUT2D eigenvalue weighted by Gasteiger charge is 2.44. The van der Waals surface area contributed by atoms with Gasteiger partial charge >= 0.3 is 6.09 Å². The van der Waals surface area contributed by atoms with E-state index in [2.05, 4.69) is 14.8 Å². The van der Waals surface area contributed by atoms with Crippen LogP contribution in [-0.2, 0) is 11.8 Å². The molecule has 1 amide bonds. The Hall–Kier alpha value is -1.80. The van der Waals surface area contributed by atoms with Gasteiger partial charge in [0.25, 0.3) is 0 Å². The van der Waals surface area contributed by atoms with Crippen molar-refractivity contribution in [1.29, 1.82) is 0 Å². The Morgan fingerprint density at radius 3 is 2.48 bits per heavy atom. The summed E-state index contributed by atoms with van der Waals surface area (Å²) < 4.78 is 7.55. The molecule has 1 aromatic heterocycles. The molecular weight excluding hydrogens is 346 g/mol. The molecule has 3 rings (SSSR count). The minimum Gasteiger partial charge on any atom is -0.444 e. The van der Waals surface area contributed by atoms with Crippen LogP contribution in [0, 0.1) is 0 Å². The highest BCUT2D eigenvalue weighted by Crippen LogP contribution is 2.28. The summed E-state index contributed by atoms with van der Waals surface area (Å²) in [5, 5.41) is 11.0. The fourth-order valence-electron chi connectivity index (χ4n) is 3.92. The number of hydrogen-bond acceptors (Lipinski definition) is 6. The third-order valence-corrected chi connectivity index (χ3v) is 5.48. The molecule has 8 heteroatoms. The number of aromatic nitrogens is 2. The van der Waals surface area contributed by atoms with E-state index in [0.717, 1.165) is 32.1 Å². The number of ether oxygens (including phenoxy) is 1. The summed E-state index contributed by atoms with van der Waals surface area (Å²) in [6.07, 6.45) is 4.02. The predicted octanol–water partition coefficient (Wildman–Crippen LogP) is 1.30. The summed E-state index contributed by atoms with van der Waals surface area (Å²) in [4.78, 5) is 23.2. The van der Waals surface area contributed by atoms with E-state index in [-0.39, 0.29) is 12.1 Å². The number of piperidine rings is 1. The van der Waals surface area contributed by atoms with Crippen molar-refractivity contribution in [2.45, 2.75) is 51.4 Å². The van der Waals surface area contributed by atoms with Crippen molar-refractivity contribution in [3.63, 3.8) is 0 Å². The maximum absolute atomic E-state index is 12.5. The van der Waals surface area contributed by atoms with E-state index in [1.807, 2.05) is 51.7 Å². The first-order chi connectivity index (χ1) is 12.6. The average molecular weight is 380 g/mol. The summed E-state index contributed by atoms with van der Waals surface area (Å²) in [5.41, 5.74) is -1.33. The van der Waals surface area contributed by atoms with Gasteiger partial charge in [-0.1, -0.05) is 0 Å². The van der Waals surface area contributed by atoms with Crippen LogP contribution >= 0.6 is 0 Å². The fraction of sp³-hybridized carbons (Fsp3) is 0.789. The molecule has 0 aliphatic carbocycles. The summed E-state index contributed by atoms with van der Waals surface area (Å²) in [7, 11) is 2.00. The van der Waals surface area contributed by atoms with Crippen molar-refractivity contribution in [1.82, 2.24) is 19.4 Å². The van der Waals surface area contributed by atoms with E-state index in [9.17, 15) is 9.90 Å². The Kier molecular flexibility index (Phi) is 5.40. The zero-order chi connectivity index (χ0) is 19.8. The lowest BCUT2D eigenvalue weighted by Crippen LogP contribution is -2.65. The van der Waals surface area contributed by atoms with E-state index < -0.39 is 11.2 Å². The number of amides is 1. The van der Waals surface area contributed by atoms with Crippen LogP contribution in [0.25, 0.3) is 0 Å². The van der Waals surface area contributed by atoms with E-state index >= 15 is 0 Å². The van der Waals surface area contributed by atoms with Gasteiger partial charge < -0.3 is 24.2 Å². The number of nitrogens with zero attached hydrogens (tertiary/aromatic N) is 5. The quantitative estimate of drug-likeness (QED) is 0.835. The predicted molar refractivity (Wildman–Crippen MR) is 104 cm³/mol. The molecule has 0 saturated carbocycles. The summed E-state index contributed by atoms with van der Waals surface area (Å²) in [5.74, 6) is 0.973. The molecule has 3 heterocycles. The van der Waals surface area contributed by atoms with Crippen molar-refractivity contribution in [2.24, 2.45) is 7.05 Å². The van der Waals surface area contributed by atoms with Crippen molar-refractivity contribution in [2.75, 3.05) is 44.2 Å². The maximum atomic E-state index is 12.5. The number of carbonyl (C=O) groups excluding carboxylic acids is 1. The third kappa shape index (κ3) is 4.55. The molecule has 1 N–H and O–H groups in total. The first-order valence-electron chi connectivity index (χ1n) is 9.73. The Labute approximate surface area is 161 Å². The second-order valence-electron chi connectivity index (χ2n) is 8.91. The minimum absolute atomic E-state index is 0.0951. The molecule has 8 nitrogen and oxygen atoms in total. The van der Waals surface area contributed by atoms with Gasteiger partial charge in [-0.05, 0) is 34.1 Å². The van der Waals surface area contributed by atoms with Crippen LogP contribution in [0.2, 0.25) is 0 Å². The van der Waals surface area contributed by atoms with Gasteiger partial charge in [-0.25, -0.2) is 9.78 Å². The molecule has 2 fully saturated rings. The van der Waals surface area contributed by atoms with E-state index in [1.165, 1.54) is 0 Å². The highest BCUT2D eigenvalue weighted by atomic mass is 16.6. The number of rotatable bonds is 2. The minimum atomic E-state index is -0.816. The molecule has 0 bridgehead atoms. The number of imidazole rings is 1. The molecule has 2 atom stereocenters. The number of piperazine rings is 1. The lowest BCUT2D eigenvalue weighted by atomic mass is 9.87. The normalized spacial score (nSPS) is 27.7. The Bertz CT molecular complexity index is 659. The van der Waals surface area contributed by atoms with Crippen molar-refractivity contribution in [3.05, 3.63) is 12.4 Å². The second-order valence-corrected chi connectivity index (χ2v) is 8.91. The van der Waals surface area contributed by atoms with Crippen molar-refractivity contribution >= 4 is 12.0 Å². The number of aryl methyl sites for hydroxylation is 1. The molecule has 2 aliphatic rings. The van der Waals surface area contributed by atoms with Gasteiger partial charge in [0.05, 0.1) is 11.6 Å². The summed E-state index contributed by atoms with van der Waals surface area (Å²) in [6.45, 7) is 11.9. The van der Waals surface area contributed by atoms with E-state index in [0.29, 0.717) is 19.5 Å². The highest BCUT2D eigenvalue weighted by molar-refractivity contribution is 5.68. The molecule has 152 valence electrons. The van der Waals surface area contributed by atoms with Gasteiger partial charge in [0.15, 0.2) is 0 Å². The van der Waals surface area contributed by atoms with Gasteiger partial charge in [0, 0.05) is 58.7 Å². The van der Waals surface area contributed by atoms with E-state index in [1.54, 1.807) is 4.90 Å².